The van der Waals surface area contributed by atoms with E-state index in [2.05, 4.69) is 5.32 Å². The molecule has 1 aromatic carbocycles. The normalized spacial score (nSPS) is 11.5. The van der Waals surface area contributed by atoms with Crippen molar-refractivity contribution in [3.8, 4) is 0 Å². The zero-order valence-electron chi connectivity index (χ0n) is 12.1. The highest BCUT2D eigenvalue weighted by atomic mass is 16.5. The number of benzene rings is 1. The van der Waals surface area contributed by atoms with Gasteiger partial charge >= 0.3 is 5.97 Å². The summed E-state index contributed by atoms with van der Waals surface area (Å²) < 4.78 is 5.63. The average molecular weight is 300 g/mol. The minimum absolute atomic E-state index is 0.217. The monoisotopic (exact) mass is 300 g/mol. The molecule has 0 aliphatic carbocycles. The molecule has 0 radical (unpaired) electrons. The fourth-order valence-corrected chi connectivity index (χ4v) is 1.76. The first-order valence-electron chi connectivity index (χ1n) is 6.77. The van der Waals surface area contributed by atoms with Gasteiger partial charge in [0, 0.05) is 18.7 Å². The highest BCUT2D eigenvalue weighted by Gasteiger charge is 2.19. The van der Waals surface area contributed by atoms with E-state index in [-0.39, 0.29) is 11.5 Å². The van der Waals surface area contributed by atoms with Gasteiger partial charge in [0.25, 0.3) is 5.91 Å². The Labute approximate surface area is 127 Å². The van der Waals surface area contributed by atoms with E-state index in [0.717, 1.165) is 5.56 Å². The second-order valence-electron chi connectivity index (χ2n) is 4.70. The molecule has 22 heavy (non-hydrogen) atoms. The molecule has 0 unspecified atom stereocenters. The summed E-state index contributed by atoms with van der Waals surface area (Å²) in [5, 5.41) is 13.6. The Kier molecular flexibility index (Phi) is 5.08. The zero-order chi connectivity index (χ0) is 15.9. The molecule has 2 aromatic rings. The summed E-state index contributed by atoms with van der Waals surface area (Å²) in [5.74, 6) is -1.03. The van der Waals surface area contributed by atoms with E-state index in [1.54, 1.807) is 0 Å². The van der Waals surface area contributed by atoms with Gasteiger partial charge in [0.05, 0.1) is 5.56 Å². The number of aromatic nitrogens is 1. The summed E-state index contributed by atoms with van der Waals surface area (Å²) in [6, 6.07) is 12.1. The molecule has 0 aliphatic rings. The van der Waals surface area contributed by atoms with Crippen molar-refractivity contribution in [2.24, 2.45) is 0 Å². The van der Waals surface area contributed by atoms with Crippen molar-refractivity contribution in [1.82, 2.24) is 5.32 Å². The van der Waals surface area contributed by atoms with Crippen LogP contribution in [0.2, 0.25) is 0 Å². The van der Waals surface area contributed by atoms with Gasteiger partial charge in [-0.2, -0.15) is 4.73 Å². The maximum Gasteiger partial charge on any atom is 0.339 e. The van der Waals surface area contributed by atoms with Crippen molar-refractivity contribution in [2.75, 3.05) is 0 Å². The fourth-order valence-electron chi connectivity index (χ4n) is 1.76. The van der Waals surface area contributed by atoms with Crippen molar-refractivity contribution in [3.63, 3.8) is 0 Å². The van der Waals surface area contributed by atoms with Crippen LogP contribution < -0.4 is 10.0 Å². The molecule has 0 bridgehead atoms. The number of nitrogens with zero attached hydrogens (tertiary/aromatic N) is 1. The van der Waals surface area contributed by atoms with Gasteiger partial charge in [-0.05, 0) is 12.5 Å². The Hall–Kier alpha value is -2.89. The number of rotatable bonds is 5. The summed E-state index contributed by atoms with van der Waals surface area (Å²) in [5.41, 5.74) is 1.17. The molecule has 1 atom stereocenters. The van der Waals surface area contributed by atoms with Crippen LogP contribution in [0.4, 0.5) is 0 Å². The van der Waals surface area contributed by atoms with Crippen LogP contribution in [0.5, 0.6) is 0 Å². The number of nitrogens with one attached hydrogen (secondary N) is 1. The van der Waals surface area contributed by atoms with E-state index in [4.69, 9.17) is 4.74 Å². The SMILES string of the molecule is C[C@@H](OC(=O)c1cc[n+]([O-])cc1)C(=O)NCc1ccccc1. The molecule has 1 N–H and O–H groups in total. The number of amides is 1. The average Bonchev–Trinajstić information content (AvgIpc) is 2.54. The topological polar surface area (TPSA) is 82.3 Å². The van der Waals surface area contributed by atoms with E-state index in [1.807, 2.05) is 30.3 Å². The number of esters is 1. The maximum atomic E-state index is 11.9. The van der Waals surface area contributed by atoms with E-state index in [9.17, 15) is 14.8 Å². The Bertz CT molecular complexity index is 641. The Morgan fingerprint density at radius 3 is 2.45 bits per heavy atom. The number of ether oxygens (including phenoxy) is 1. The smallest absolute Gasteiger partial charge is 0.339 e. The van der Waals surface area contributed by atoms with Crippen LogP contribution in [0.25, 0.3) is 0 Å². The molecule has 1 heterocycles. The van der Waals surface area contributed by atoms with Gasteiger partial charge in [0.1, 0.15) is 0 Å². The van der Waals surface area contributed by atoms with Crippen molar-refractivity contribution in [2.45, 2.75) is 19.6 Å². The number of carbonyl (C=O) groups is 2. The third kappa shape index (κ3) is 4.31. The van der Waals surface area contributed by atoms with Crippen LogP contribution in [0.3, 0.4) is 0 Å². The molecule has 2 rings (SSSR count). The molecule has 0 fully saturated rings. The van der Waals surface area contributed by atoms with E-state index >= 15 is 0 Å². The van der Waals surface area contributed by atoms with Crippen LogP contribution in [-0.2, 0) is 16.1 Å². The van der Waals surface area contributed by atoms with Crippen molar-refractivity contribution in [1.29, 1.82) is 0 Å². The Morgan fingerprint density at radius 1 is 1.18 bits per heavy atom. The fraction of sp³-hybridized carbons (Fsp3) is 0.188. The van der Waals surface area contributed by atoms with Crippen molar-refractivity contribution >= 4 is 11.9 Å². The van der Waals surface area contributed by atoms with Gasteiger partial charge in [0.15, 0.2) is 18.5 Å². The van der Waals surface area contributed by atoms with Crippen LogP contribution >= 0.6 is 0 Å². The summed E-state index contributed by atoms with van der Waals surface area (Å²) in [6.45, 7) is 1.86. The van der Waals surface area contributed by atoms with Crippen LogP contribution in [0.15, 0.2) is 54.9 Å². The predicted molar refractivity (Wildman–Crippen MR) is 78.6 cm³/mol. The second-order valence-corrected chi connectivity index (χ2v) is 4.70. The lowest BCUT2D eigenvalue weighted by Crippen LogP contribution is -2.35. The molecule has 114 valence electrons. The van der Waals surface area contributed by atoms with Gasteiger partial charge in [-0.25, -0.2) is 4.79 Å². The molecule has 1 amide bonds. The highest BCUT2D eigenvalue weighted by molar-refractivity contribution is 5.91. The lowest BCUT2D eigenvalue weighted by Gasteiger charge is -2.13. The van der Waals surface area contributed by atoms with Crippen molar-refractivity contribution in [3.05, 3.63) is 71.2 Å². The van der Waals surface area contributed by atoms with Gasteiger partial charge < -0.3 is 15.3 Å². The minimum Gasteiger partial charge on any atom is -0.619 e. The molecule has 6 nitrogen and oxygen atoms in total. The predicted octanol–water partition coefficient (Wildman–Crippen LogP) is 1.18. The van der Waals surface area contributed by atoms with Crippen LogP contribution in [0.1, 0.15) is 22.8 Å². The van der Waals surface area contributed by atoms with Crippen LogP contribution in [-0.4, -0.2) is 18.0 Å². The minimum atomic E-state index is -0.921. The first-order valence-corrected chi connectivity index (χ1v) is 6.77. The Morgan fingerprint density at radius 2 is 1.82 bits per heavy atom. The van der Waals surface area contributed by atoms with E-state index < -0.39 is 12.1 Å². The quantitative estimate of drug-likeness (QED) is 0.511. The second kappa shape index (κ2) is 7.21. The Balaban J connectivity index is 1.85. The molecule has 0 saturated heterocycles. The molecule has 6 heteroatoms. The summed E-state index contributed by atoms with van der Waals surface area (Å²) in [6.07, 6.45) is 1.46. The van der Waals surface area contributed by atoms with E-state index in [0.29, 0.717) is 11.3 Å². The largest absolute Gasteiger partial charge is 0.619 e. The number of hydrogen-bond acceptors (Lipinski definition) is 4. The summed E-state index contributed by atoms with van der Waals surface area (Å²) in [7, 11) is 0. The summed E-state index contributed by atoms with van der Waals surface area (Å²) in [4.78, 5) is 23.7. The van der Waals surface area contributed by atoms with Gasteiger partial charge in [0.2, 0.25) is 0 Å². The third-order valence-corrected chi connectivity index (χ3v) is 3.00. The standard InChI is InChI=1S/C16H16N2O4/c1-12(15(19)17-11-13-5-3-2-4-6-13)22-16(20)14-7-9-18(21)10-8-14/h2-10,12H,11H2,1H3,(H,17,19)/t12-/m1/s1. The van der Waals surface area contributed by atoms with Gasteiger partial charge in [-0.3, -0.25) is 4.79 Å². The van der Waals surface area contributed by atoms with Crippen molar-refractivity contribution < 1.29 is 19.1 Å². The lowest BCUT2D eigenvalue weighted by molar-refractivity contribution is -0.605. The third-order valence-electron chi connectivity index (χ3n) is 3.00. The molecule has 0 aliphatic heterocycles. The summed E-state index contributed by atoms with van der Waals surface area (Å²) >= 11 is 0. The lowest BCUT2D eigenvalue weighted by atomic mass is 10.2. The van der Waals surface area contributed by atoms with E-state index in [1.165, 1.54) is 31.5 Å². The number of pyridine rings is 1. The maximum absolute atomic E-state index is 11.9. The number of carbonyl (C=O) groups excluding carboxylic acids is 2. The van der Waals surface area contributed by atoms with Crippen LogP contribution in [0, 0.1) is 5.21 Å². The first-order chi connectivity index (χ1) is 10.6. The first kappa shape index (κ1) is 15.5. The molecular weight excluding hydrogens is 284 g/mol. The molecule has 1 aromatic heterocycles. The molecule has 0 saturated carbocycles. The molecular formula is C16H16N2O4. The van der Waals surface area contributed by atoms with Gasteiger partial charge in [-0.15, -0.1) is 0 Å². The molecule has 0 spiro atoms. The zero-order valence-corrected chi connectivity index (χ0v) is 12.1. The number of hydrogen-bond donors (Lipinski definition) is 1. The highest BCUT2D eigenvalue weighted by Crippen LogP contribution is 2.03. The van der Waals surface area contributed by atoms with Gasteiger partial charge in [-0.1, -0.05) is 30.3 Å².